The van der Waals surface area contributed by atoms with Gasteiger partial charge in [0.2, 0.25) is 5.91 Å². The second kappa shape index (κ2) is 4.00. The van der Waals surface area contributed by atoms with Gasteiger partial charge in [0.1, 0.15) is 0 Å². The van der Waals surface area contributed by atoms with E-state index in [2.05, 4.69) is 17.4 Å². The van der Waals surface area contributed by atoms with Crippen molar-refractivity contribution in [2.75, 3.05) is 24.4 Å². The summed E-state index contributed by atoms with van der Waals surface area (Å²) >= 11 is 5.87. The number of alkyl halides is 1. The zero-order chi connectivity index (χ0) is 11.9. The fourth-order valence-electron chi connectivity index (χ4n) is 2.54. The summed E-state index contributed by atoms with van der Waals surface area (Å²) in [4.78, 5) is 11.3. The van der Waals surface area contributed by atoms with E-state index in [0.29, 0.717) is 12.3 Å². The average Bonchev–Trinajstić information content (AvgIpc) is 2.62. The maximum Gasteiger partial charge on any atom is 0.228 e. The zero-order valence-electron chi connectivity index (χ0n) is 9.46. The minimum absolute atomic E-state index is 0.0718. The van der Waals surface area contributed by atoms with Crippen LogP contribution in [0, 0.1) is 0 Å². The Bertz CT molecular complexity index is 468. The first-order valence-electron chi connectivity index (χ1n) is 5.80. The summed E-state index contributed by atoms with van der Waals surface area (Å²) in [5.41, 5.74) is 3.36. The molecule has 3 nitrogen and oxygen atoms in total. The smallest absolute Gasteiger partial charge is 0.228 e. The Hall–Kier alpha value is -1.06. The van der Waals surface area contributed by atoms with Gasteiger partial charge < -0.3 is 10.1 Å². The largest absolute Gasteiger partial charge is 0.379 e. The molecule has 0 unspecified atom stereocenters. The molecule has 0 aliphatic carbocycles. The standard InChI is InChI=1S/C13H14ClNO2/c14-4-3-13(7-17-8-13)10-1-2-11-9(5-10)6-12(16)15-11/h1-2,5H,3-4,6-8H2,(H,15,16). The Morgan fingerprint density at radius 1 is 1.41 bits per heavy atom. The molecule has 0 bridgehead atoms. The van der Waals surface area contributed by atoms with Crippen molar-refractivity contribution in [1.29, 1.82) is 0 Å². The van der Waals surface area contributed by atoms with Crippen molar-refractivity contribution in [3.63, 3.8) is 0 Å². The number of ether oxygens (including phenoxy) is 1. The van der Waals surface area contributed by atoms with Crippen LogP contribution in [-0.4, -0.2) is 25.0 Å². The van der Waals surface area contributed by atoms with Crippen LogP contribution in [0.1, 0.15) is 17.5 Å². The van der Waals surface area contributed by atoms with Crippen LogP contribution in [0.4, 0.5) is 5.69 Å². The molecule has 0 aromatic heterocycles. The summed E-state index contributed by atoms with van der Waals surface area (Å²) < 4.78 is 5.34. The number of fused-ring (bicyclic) bond motifs is 1. The van der Waals surface area contributed by atoms with E-state index >= 15 is 0 Å². The molecule has 0 saturated carbocycles. The lowest BCUT2D eigenvalue weighted by Gasteiger charge is -2.42. The van der Waals surface area contributed by atoms with E-state index in [1.807, 2.05) is 6.07 Å². The highest BCUT2D eigenvalue weighted by atomic mass is 35.5. The molecular weight excluding hydrogens is 238 g/mol. The molecule has 0 radical (unpaired) electrons. The Morgan fingerprint density at radius 3 is 2.88 bits per heavy atom. The van der Waals surface area contributed by atoms with Crippen LogP contribution in [0.25, 0.3) is 0 Å². The molecule has 0 atom stereocenters. The fraction of sp³-hybridized carbons (Fsp3) is 0.462. The van der Waals surface area contributed by atoms with Crippen LogP contribution >= 0.6 is 11.6 Å². The number of nitrogens with one attached hydrogen (secondary N) is 1. The normalized spacial score (nSPS) is 20.6. The Morgan fingerprint density at radius 2 is 2.24 bits per heavy atom. The minimum atomic E-state index is 0.0718. The summed E-state index contributed by atoms with van der Waals surface area (Å²) in [6.07, 6.45) is 1.41. The molecule has 2 heterocycles. The van der Waals surface area contributed by atoms with Crippen molar-refractivity contribution < 1.29 is 9.53 Å². The summed E-state index contributed by atoms with van der Waals surface area (Å²) in [6, 6.07) is 6.20. The monoisotopic (exact) mass is 251 g/mol. The predicted octanol–water partition coefficient (Wildman–Crippen LogP) is 2.08. The average molecular weight is 252 g/mol. The quantitative estimate of drug-likeness (QED) is 0.836. The molecule has 3 rings (SSSR count). The molecule has 1 fully saturated rings. The first-order valence-corrected chi connectivity index (χ1v) is 6.34. The lowest BCUT2D eigenvalue weighted by molar-refractivity contribution is -0.115. The van der Waals surface area contributed by atoms with Gasteiger partial charge in [-0.2, -0.15) is 0 Å². The van der Waals surface area contributed by atoms with Crippen LogP contribution in [0.2, 0.25) is 0 Å². The molecular formula is C13H14ClNO2. The van der Waals surface area contributed by atoms with E-state index < -0.39 is 0 Å². The van der Waals surface area contributed by atoms with Gasteiger partial charge in [0.15, 0.2) is 0 Å². The van der Waals surface area contributed by atoms with Gasteiger partial charge in [-0.25, -0.2) is 0 Å². The third-order valence-corrected chi connectivity index (χ3v) is 3.86. The van der Waals surface area contributed by atoms with E-state index in [-0.39, 0.29) is 11.3 Å². The van der Waals surface area contributed by atoms with Gasteiger partial charge in [0.25, 0.3) is 0 Å². The number of rotatable bonds is 3. The highest BCUT2D eigenvalue weighted by molar-refractivity contribution is 6.17. The molecule has 0 spiro atoms. The summed E-state index contributed by atoms with van der Waals surface area (Å²) in [7, 11) is 0. The molecule has 1 amide bonds. The van der Waals surface area contributed by atoms with Crippen molar-refractivity contribution in [1.82, 2.24) is 0 Å². The van der Waals surface area contributed by atoms with E-state index in [4.69, 9.17) is 16.3 Å². The number of carbonyl (C=O) groups excluding carboxylic acids is 1. The highest BCUT2D eigenvalue weighted by Gasteiger charge is 2.40. The molecule has 2 aliphatic heterocycles. The van der Waals surface area contributed by atoms with Gasteiger partial charge in [-0.15, -0.1) is 11.6 Å². The Kier molecular flexibility index (Phi) is 2.60. The van der Waals surface area contributed by atoms with Gasteiger partial charge in [0, 0.05) is 17.0 Å². The number of halogens is 1. The van der Waals surface area contributed by atoms with Crippen LogP contribution < -0.4 is 5.32 Å². The van der Waals surface area contributed by atoms with Crippen LogP contribution in [0.3, 0.4) is 0 Å². The van der Waals surface area contributed by atoms with Crippen molar-refractivity contribution in [3.8, 4) is 0 Å². The van der Waals surface area contributed by atoms with Crippen molar-refractivity contribution >= 4 is 23.2 Å². The molecule has 90 valence electrons. The molecule has 17 heavy (non-hydrogen) atoms. The molecule has 1 N–H and O–H groups in total. The van der Waals surface area contributed by atoms with Crippen molar-refractivity contribution in [2.24, 2.45) is 0 Å². The number of anilines is 1. The first kappa shape index (κ1) is 11.1. The van der Waals surface area contributed by atoms with Crippen LogP contribution in [-0.2, 0) is 21.4 Å². The Labute approximate surface area is 105 Å². The number of amides is 1. The third-order valence-electron chi connectivity index (χ3n) is 3.67. The molecule has 1 saturated heterocycles. The second-order valence-electron chi connectivity index (χ2n) is 4.81. The first-order chi connectivity index (χ1) is 8.23. The van der Waals surface area contributed by atoms with Crippen molar-refractivity contribution in [3.05, 3.63) is 29.3 Å². The number of carbonyl (C=O) groups is 1. The van der Waals surface area contributed by atoms with E-state index in [1.165, 1.54) is 5.56 Å². The minimum Gasteiger partial charge on any atom is -0.379 e. The maximum absolute atomic E-state index is 11.3. The SMILES string of the molecule is O=C1Cc2cc(C3(CCCl)COC3)ccc2N1. The van der Waals surface area contributed by atoms with Crippen LogP contribution in [0.5, 0.6) is 0 Å². The molecule has 4 heteroatoms. The predicted molar refractivity (Wildman–Crippen MR) is 66.6 cm³/mol. The fourth-order valence-corrected chi connectivity index (χ4v) is 2.91. The van der Waals surface area contributed by atoms with Crippen molar-refractivity contribution in [2.45, 2.75) is 18.3 Å². The highest BCUT2D eigenvalue weighted by Crippen LogP contribution is 2.38. The van der Waals surface area contributed by atoms with Gasteiger partial charge in [-0.05, 0) is 23.6 Å². The van der Waals surface area contributed by atoms with Gasteiger partial charge in [0.05, 0.1) is 19.6 Å². The van der Waals surface area contributed by atoms with Gasteiger partial charge >= 0.3 is 0 Å². The van der Waals surface area contributed by atoms with Gasteiger partial charge in [-0.1, -0.05) is 12.1 Å². The van der Waals surface area contributed by atoms with Gasteiger partial charge in [-0.3, -0.25) is 4.79 Å². The summed E-state index contributed by atoms with van der Waals surface area (Å²) in [5.74, 6) is 0.714. The number of hydrogen-bond acceptors (Lipinski definition) is 2. The van der Waals surface area contributed by atoms with E-state index in [9.17, 15) is 4.79 Å². The zero-order valence-corrected chi connectivity index (χ0v) is 10.2. The summed E-state index contributed by atoms with van der Waals surface area (Å²) in [5, 5.41) is 2.85. The molecule has 2 aliphatic rings. The third kappa shape index (κ3) is 1.74. The Balaban J connectivity index is 1.94. The maximum atomic E-state index is 11.3. The molecule has 1 aromatic rings. The van der Waals surface area contributed by atoms with Crippen LogP contribution in [0.15, 0.2) is 18.2 Å². The van der Waals surface area contributed by atoms with E-state index in [1.54, 1.807) is 0 Å². The lowest BCUT2D eigenvalue weighted by atomic mass is 9.76. The second-order valence-corrected chi connectivity index (χ2v) is 5.19. The lowest BCUT2D eigenvalue weighted by Crippen LogP contribution is -2.47. The van der Waals surface area contributed by atoms with E-state index in [0.717, 1.165) is 30.9 Å². The topological polar surface area (TPSA) is 38.3 Å². The molecule has 1 aromatic carbocycles. The number of benzene rings is 1. The summed E-state index contributed by atoms with van der Waals surface area (Å²) in [6.45, 7) is 1.47. The number of hydrogen-bond donors (Lipinski definition) is 1.